The fraction of sp³-hybridized carbons (Fsp3) is 0.667. The average molecular weight is 318 g/mol. The number of nitrogens with one attached hydrogen (secondary N) is 1. The molecule has 2 heterocycles. The summed E-state index contributed by atoms with van der Waals surface area (Å²) in [6.07, 6.45) is 9.18. The molecule has 1 aromatic heterocycles. The number of hydrogen-bond acceptors (Lipinski definition) is 3. The van der Waals surface area contributed by atoms with Crippen LogP contribution in [-0.4, -0.2) is 35.8 Å². The zero-order chi connectivity index (χ0) is 16.2. The fourth-order valence-corrected chi connectivity index (χ4v) is 3.80. The SMILES string of the molecule is CC1CCCC(NC(=O)C2CCN(C(=O)c3ccoc3)CC2)C1. The number of carbonyl (C=O) groups is 2. The van der Waals surface area contributed by atoms with Crippen LogP contribution in [0.25, 0.3) is 0 Å². The molecule has 5 nitrogen and oxygen atoms in total. The monoisotopic (exact) mass is 318 g/mol. The summed E-state index contributed by atoms with van der Waals surface area (Å²) in [6.45, 7) is 3.55. The summed E-state index contributed by atoms with van der Waals surface area (Å²) in [6, 6.07) is 2.03. The second kappa shape index (κ2) is 7.20. The van der Waals surface area contributed by atoms with Crippen molar-refractivity contribution in [1.29, 1.82) is 0 Å². The molecule has 2 unspecified atom stereocenters. The lowest BCUT2D eigenvalue weighted by atomic mass is 9.86. The number of rotatable bonds is 3. The maximum Gasteiger partial charge on any atom is 0.257 e. The molecule has 2 atom stereocenters. The summed E-state index contributed by atoms with van der Waals surface area (Å²) >= 11 is 0. The third kappa shape index (κ3) is 3.95. The molecule has 2 fully saturated rings. The summed E-state index contributed by atoms with van der Waals surface area (Å²) in [4.78, 5) is 26.5. The lowest BCUT2D eigenvalue weighted by Crippen LogP contribution is -2.46. The average Bonchev–Trinajstić information content (AvgIpc) is 3.09. The van der Waals surface area contributed by atoms with Crippen LogP contribution in [0.2, 0.25) is 0 Å². The molecule has 1 N–H and O–H groups in total. The molecule has 1 aliphatic heterocycles. The van der Waals surface area contributed by atoms with Crippen LogP contribution < -0.4 is 5.32 Å². The van der Waals surface area contributed by atoms with Gasteiger partial charge >= 0.3 is 0 Å². The Hall–Kier alpha value is -1.78. The molecule has 1 saturated carbocycles. The predicted molar refractivity (Wildman–Crippen MR) is 86.9 cm³/mol. The van der Waals surface area contributed by atoms with E-state index in [-0.39, 0.29) is 17.7 Å². The Morgan fingerprint density at radius 1 is 1.22 bits per heavy atom. The van der Waals surface area contributed by atoms with Gasteiger partial charge in [0.25, 0.3) is 5.91 Å². The van der Waals surface area contributed by atoms with Crippen molar-refractivity contribution in [1.82, 2.24) is 10.2 Å². The lowest BCUT2D eigenvalue weighted by molar-refractivity contribution is -0.127. The Morgan fingerprint density at radius 3 is 2.65 bits per heavy atom. The van der Waals surface area contributed by atoms with Crippen LogP contribution in [0.5, 0.6) is 0 Å². The van der Waals surface area contributed by atoms with E-state index in [2.05, 4.69) is 12.2 Å². The molecule has 2 amide bonds. The number of carbonyl (C=O) groups excluding carboxylic acids is 2. The van der Waals surface area contributed by atoms with Gasteiger partial charge in [0, 0.05) is 25.0 Å². The number of nitrogens with zero attached hydrogens (tertiary/aromatic N) is 1. The van der Waals surface area contributed by atoms with Crippen LogP contribution in [0.1, 0.15) is 55.8 Å². The molecular formula is C18H26N2O3. The van der Waals surface area contributed by atoms with Gasteiger partial charge in [-0.3, -0.25) is 9.59 Å². The molecule has 0 radical (unpaired) electrons. The standard InChI is InChI=1S/C18H26N2O3/c1-13-3-2-4-16(11-13)19-17(21)14-5-8-20(9-6-14)18(22)15-7-10-23-12-15/h7,10,12-14,16H,2-6,8-9,11H2,1H3,(H,19,21). The first-order valence-corrected chi connectivity index (χ1v) is 8.75. The molecule has 3 rings (SSSR count). The van der Waals surface area contributed by atoms with Crippen molar-refractivity contribution in [3.63, 3.8) is 0 Å². The second-order valence-corrected chi connectivity index (χ2v) is 7.06. The number of piperidine rings is 1. The van der Waals surface area contributed by atoms with Gasteiger partial charge in [0.1, 0.15) is 6.26 Å². The van der Waals surface area contributed by atoms with E-state index < -0.39 is 0 Å². The first kappa shape index (κ1) is 16.1. The molecule has 0 spiro atoms. The normalized spacial score (nSPS) is 26.0. The molecule has 0 bridgehead atoms. The zero-order valence-electron chi connectivity index (χ0n) is 13.8. The van der Waals surface area contributed by atoms with Gasteiger partial charge in [-0.15, -0.1) is 0 Å². The van der Waals surface area contributed by atoms with Gasteiger partial charge in [0.2, 0.25) is 5.91 Å². The van der Waals surface area contributed by atoms with Gasteiger partial charge < -0.3 is 14.6 Å². The Kier molecular flexibility index (Phi) is 5.03. The van der Waals surface area contributed by atoms with E-state index in [0.717, 1.165) is 25.7 Å². The molecule has 1 aromatic rings. The van der Waals surface area contributed by atoms with Gasteiger partial charge in [-0.1, -0.05) is 19.8 Å². The van der Waals surface area contributed by atoms with Crippen LogP contribution in [0, 0.1) is 11.8 Å². The van der Waals surface area contributed by atoms with Crippen molar-refractivity contribution < 1.29 is 14.0 Å². The summed E-state index contributed by atoms with van der Waals surface area (Å²) < 4.78 is 4.97. The van der Waals surface area contributed by atoms with Crippen molar-refractivity contribution in [2.45, 2.75) is 51.5 Å². The Morgan fingerprint density at radius 2 is 2.00 bits per heavy atom. The minimum atomic E-state index is -0.00119. The van der Waals surface area contributed by atoms with Gasteiger partial charge in [0.15, 0.2) is 0 Å². The smallest absolute Gasteiger partial charge is 0.257 e. The van der Waals surface area contributed by atoms with Crippen molar-refractivity contribution in [3.05, 3.63) is 24.2 Å². The minimum absolute atomic E-state index is 0.00119. The molecular weight excluding hydrogens is 292 g/mol. The lowest BCUT2D eigenvalue weighted by Gasteiger charge is -2.33. The number of hydrogen-bond donors (Lipinski definition) is 1. The highest BCUT2D eigenvalue weighted by atomic mass is 16.3. The topological polar surface area (TPSA) is 62.6 Å². The second-order valence-electron chi connectivity index (χ2n) is 7.06. The van der Waals surface area contributed by atoms with E-state index in [1.807, 2.05) is 4.90 Å². The summed E-state index contributed by atoms with van der Waals surface area (Å²) in [5.41, 5.74) is 0.587. The molecule has 2 aliphatic rings. The predicted octanol–water partition coefficient (Wildman–Crippen LogP) is 2.83. The molecule has 1 aliphatic carbocycles. The highest BCUT2D eigenvalue weighted by molar-refractivity contribution is 5.94. The summed E-state index contributed by atoms with van der Waals surface area (Å²) in [5.74, 6) is 0.933. The number of furan rings is 1. The summed E-state index contributed by atoms with van der Waals surface area (Å²) in [7, 11) is 0. The Bertz CT molecular complexity index is 532. The van der Waals surface area contributed by atoms with E-state index in [9.17, 15) is 9.59 Å². The first-order chi connectivity index (χ1) is 11.1. The van der Waals surface area contributed by atoms with Crippen molar-refractivity contribution in [2.75, 3.05) is 13.1 Å². The Labute approximate surface area is 137 Å². The third-order valence-electron chi connectivity index (χ3n) is 5.20. The molecule has 5 heteroatoms. The maximum atomic E-state index is 12.4. The van der Waals surface area contributed by atoms with Crippen molar-refractivity contribution in [3.8, 4) is 0 Å². The van der Waals surface area contributed by atoms with Gasteiger partial charge in [0.05, 0.1) is 11.8 Å². The van der Waals surface area contributed by atoms with Crippen LogP contribution in [-0.2, 0) is 4.79 Å². The fourth-order valence-electron chi connectivity index (χ4n) is 3.80. The van der Waals surface area contributed by atoms with Crippen LogP contribution in [0.15, 0.2) is 23.0 Å². The van der Waals surface area contributed by atoms with Crippen LogP contribution in [0.4, 0.5) is 0 Å². The largest absolute Gasteiger partial charge is 0.472 e. The quantitative estimate of drug-likeness (QED) is 0.932. The highest BCUT2D eigenvalue weighted by Gasteiger charge is 2.30. The first-order valence-electron chi connectivity index (χ1n) is 8.75. The van der Waals surface area contributed by atoms with Gasteiger partial charge in [-0.25, -0.2) is 0 Å². The number of likely N-dealkylation sites (tertiary alicyclic amines) is 1. The third-order valence-corrected chi connectivity index (χ3v) is 5.20. The molecule has 1 saturated heterocycles. The summed E-state index contributed by atoms with van der Waals surface area (Å²) in [5, 5.41) is 3.23. The Balaban J connectivity index is 1.46. The van der Waals surface area contributed by atoms with Gasteiger partial charge in [-0.05, 0) is 37.7 Å². The van der Waals surface area contributed by atoms with Crippen LogP contribution >= 0.6 is 0 Å². The van der Waals surface area contributed by atoms with E-state index in [1.54, 1.807) is 6.07 Å². The van der Waals surface area contributed by atoms with E-state index in [1.165, 1.54) is 25.4 Å². The maximum absolute atomic E-state index is 12.4. The molecule has 0 aromatic carbocycles. The highest BCUT2D eigenvalue weighted by Crippen LogP contribution is 2.25. The molecule has 23 heavy (non-hydrogen) atoms. The van der Waals surface area contributed by atoms with E-state index in [0.29, 0.717) is 30.6 Å². The van der Waals surface area contributed by atoms with Crippen molar-refractivity contribution >= 4 is 11.8 Å². The van der Waals surface area contributed by atoms with E-state index in [4.69, 9.17) is 4.42 Å². The van der Waals surface area contributed by atoms with Gasteiger partial charge in [-0.2, -0.15) is 0 Å². The van der Waals surface area contributed by atoms with E-state index >= 15 is 0 Å². The zero-order valence-corrected chi connectivity index (χ0v) is 13.8. The minimum Gasteiger partial charge on any atom is -0.472 e. The van der Waals surface area contributed by atoms with Crippen molar-refractivity contribution in [2.24, 2.45) is 11.8 Å². The molecule has 126 valence electrons. The van der Waals surface area contributed by atoms with Crippen LogP contribution in [0.3, 0.4) is 0 Å². The number of amides is 2.